The van der Waals surface area contributed by atoms with Gasteiger partial charge in [-0.15, -0.1) is 0 Å². The molecule has 2 heterocycles. The minimum Gasteiger partial charge on any atom is -0.430 e. The Bertz CT molecular complexity index is 902. The maximum atomic E-state index is 12.4. The highest BCUT2D eigenvalue weighted by Crippen LogP contribution is 2.42. The summed E-state index contributed by atoms with van der Waals surface area (Å²) < 4.78 is 35.4. The molecule has 1 aromatic rings. The van der Waals surface area contributed by atoms with Crippen molar-refractivity contribution in [3.63, 3.8) is 0 Å². The monoisotopic (exact) mass is 491 g/mol. The second-order valence-electron chi connectivity index (χ2n) is 9.73. The van der Waals surface area contributed by atoms with Crippen LogP contribution in [0.3, 0.4) is 0 Å². The molecule has 0 amide bonds. The number of carbonyl (C=O) groups is 1. The molecule has 2 saturated heterocycles. The number of benzene rings is 1. The van der Waals surface area contributed by atoms with E-state index < -0.39 is 51.4 Å². The summed E-state index contributed by atoms with van der Waals surface area (Å²) in [5, 5.41) is 3.78. The smallest absolute Gasteiger partial charge is 0.430 e. The van der Waals surface area contributed by atoms with Crippen LogP contribution >= 0.6 is 0 Å². The molecule has 2 aliphatic heterocycles. The minimum atomic E-state index is -2.35. The van der Waals surface area contributed by atoms with Gasteiger partial charge in [-0.05, 0) is 23.7 Å². The van der Waals surface area contributed by atoms with Gasteiger partial charge in [0.25, 0.3) is 0 Å². The fourth-order valence-electron chi connectivity index (χ4n) is 3.49. The maximum Gasteiger partial charge on any atom is 0.508 e. The Morgan fingerprint density at radius 1 is 1.29 bits per heavy atom. The lowest BCUT2D eigenvalue weighted by Gasteiger charge is -2.50. The summed E-state index contributed by atoms with van der Waals surface area (Å²) in [6.07, 6.45) is -3.56. The zero-order chi connectivity index (χ0) is 24.9. The first kappa shape index (κ1) is 26.2. The molecule has 6 atom stereocenters. The molecule has 0 bridgehead atoms. The molecule has 0 radical (unpaired) electrons. The predicted octanol–water partition coefficient (Wildman–Crippen LogP) is 5.23. The molecule has 186 valence electrons. The van der Waals surface area contributed by atoms with Crippen molar-refractivity contribution in [2.45, 2.75) is 75.8 Å². The maximum absolute atomic E-state index is 12.4. The van der Waals surface area contributed by atoms with Crippen molar-refractivity contribution in [1.29, 1.82) is 0 Å². The Balaban J connectivity index is 1.92. The average Bonchev–Trinajstić information content (AvgIpc) is 2.79. The van der Waals surface area contributed by atoms with Gasteiger partial charge in [-0.1, -0.05) is 68.9 Å². The molecular weight excluding hydrogens is 458 g/mol. The molecule has 34 heavy (non-hydrogen) atoms. The number of fused-ring (bicyclic) bond motifs is 1. The number of nitrogens with zero attached hydrogens (tertiary/aromatic N) is 3. The van der Waals surface area contributed by atoms with Gasteiger partial charge in [-0.3, -0.25) is 0 Å². The van der Waals surface area contributed by atoms with Crippen LogP contribution in [0.5, 0.6) is 0 Å². The van der Waals surface area contributed by atoms with Crippen LogP contribution in [0.2, 0.25) is 18.1 Å². The largest absolute Gasteiger partial charge is 0.508 e. The molecule has 3 rings (SSSR count). The molecule has 0 aromatic heterocycles. The van der Waals surface area contributed by atoms with Gasteiger partial charge < -0.3 is 28.1 Å². The molecule has 0 saturated carbocycles. The van der Waals surface area contributed by atoms with Crippen LogP contribution < -0.4 is 0 Å². The third kappa shape index (κ3) is 5.98. The van der Waals surface area contributed by atoms with Gasteiger partial charge in [-0.25, -0.2) is 4.79 Å². The Morgan fingerprint density at radius 2 is 2.00 bits per heavy atom. The molecular formula is C23H33N3O7Si. The van der Waals surface area contributed by atoms with Gasteiger partial charge in [0, 0.05) is 10.5 Å². The Kier molecular flexibility index (Phi) is 8.40. The number of rotatable bonds is 7. The van der Waals surface area contributed by atoms with Gasteiger partial charge in [0.05, 0.1) is 6.61 Å². The van der Waals surface area contributed by atoms with Crippen molar-refractivity contribution >= 4 is 14.5 Å². The van der Waals surface area contributed by atoms with Crippen molar-refractivity contribution in [3.05, 3.63) is 59.0 Å². The lowest BCUT2D eigenvalue weighted by atomic mass is 9.96. The third-order valence-electron chi connectivity index (χ3n) is 6.33. The van der Waals surface area contributed by atoms with Crippen molar-refractivity contribution < 1.29 is 32.9 Å². The summed E-state index contributed by atoms with van der Waals surface area (Å²) in [7, 11) is -2.35. The van der Waals surface area contributed by atoms with Gasteiger partial charge in [0.15, 0.2) is 20.9 Å². The van der Waals surface area contributed by atoms with Crippen molar-refractivity contribution in [2.24, 2.45) is 5.11 Å². The fraction of sp³-hybridized carbons (Fsp3) is 0.609. The van der Waals surface area contributed by atoms with Gasteiger partial charge in [0.2, 0.25) is 0 Å². The SMILES string of the molecule is C=CCOC(=O)O[C@@H]1C(N=[N+]=[N-])[C@H](O[Si](C)(C)C(C)(C)C)OC2COC(c3ccccc3)O[C@@H]21. The quantitative estimate of drug-likeness (QED) is 0.128. The van der Waals surface area contributed by atoms with Crippen LogP contribution in [0.15, 0.2) is 48.1 Å². The average molecular weight is 492 g/mol. The van der Waals surface area contributed by atoms with Gasteiger partial charge in [-0.2, -0.15) is 0 Å². The highest BCUT2D eigenvalue weighted by Gasteiger charge is 2.54. The van der Waals surface area contributed by atoms with E-state index in [0.717, 1.165) is 5.56 Å². The highest BCUT2D eigenvalue weighted by molar-refractivity contribution is 6.74. The standard InChI is InChI=1S/C23H33N3O7Si/c1-7-13-28-22(27)32-19-17(25-26-24)21(33-34(5,6)23(2,3)4)30-16-14-29-20(31-18(16)19)15-11-9-8-10-12-15/h7-12,16-21H,1,13-14H2,2-6H3/t16?,17?,18-,19+,20?,21-/m0/s1. The molecule has 10 nitrogen and oxygen atoms in total. The summed E-state index contributed by atoms with van der Waals surface area (Å²) in [5.41, 5.74) is 10.1. The van der Waals surface area contributed by atoms with E-state index in [-0.39, 0.29) is 18.3 Å². The number of hydrogen-bond donors (Lipinski definition) is 0. The molecule has 1 aromatic carbocycles. The Hall–Kier alpha value is -2.40. The van der Waals surface area contributed by atoms with Crippen molar-refractivity contribution in [3.8, 4) is 0 Å². The molecule has 0 N–H and O–H groups in total. The van der Waals surface area contributed by atoms with Crippen molar-refractivity contribution in [1.82, 2.24) is 0 Å². The van der Waals surface area contributed by atoms with E-state index >= 15 is 0 Å². The second kappa shape index (κ2) is 10.9. The van der Waals surface area contributed by atoms with E-state index in [1.165, 1.54) is 6.08 Å². The summed E-state index contributed by atoms with van der Waals surface area (Å²) in [4.78, 5) is 15.4. The first-order chi connectivity index (χ1) is 16.1. The van der Waals surface area contributed by atoms with Crippen LogP contribution in [0.4, 0.5) is 4.79 Å². The summed E-state index contributed by atoms with van der Waals surface area (Å²) in [6.45, 7) is 14.1. The van der Waals surface area contributed by atoms with E-state index in [2.05, 4.69) is 50.5 Å². The third-order valence-corrected chi connectivity index (χ3v) is 10.8. The van der Waals surface area contributed by atoms with E-state index in [9.17, 15) is 10.3 Å². The summed E-state index contributed by atoms with van der Waals surface area (Å²) >= 11 is 0. The molecule has 2 aliphatic rings. The molecule has 3 unspecified atom stereocenters. The lowest BCUT2D eigenvalue weighted by molar-refractivity contribution is -0.333. The van der Waals surface area contributed by atoms with E-state index in [0.29, 0.717) is 0 Å². The zero-order valence-corrected chi connectivity index (χ0v) is 21.2. The van der Waals surface area contributed by atoms with Crippen LogP contribution in [-0.4, -0.2) is 58.3 Å². The van der Waals surface area contributed by atoms with Crippen LogP contribution in [0, 0.1) is 0 Å². The lowest BCUT2D eigenvalue weighted by Crippen LogP contribution is -2.64. The van der Waals surface area contributed by atoms with Gasteiger partial charge in [0.1, 0.15) is 31.0 Å². The first-order valence-electron chi connectivity index (χ1n) is 11.2. The predicted molar refractivity (Wildman–Crippen MR) is 126 cm³/mol. The Labute approximate surface area is 200 Å². The molecule has 0 spiro atoms. The zero-order valence-electron chi connectivity index (χ0n) is 20.2. The second-order valence-corrected chi connectivity index (χ2v) is 14.5. The molecule has 0 aliphatic carbocycles. The number of azide groups is 1. The minimum absolute atomic E-state index is 0.0250. The van der Waals surface area contributed by atoms with E-state index in [4.69, 9.17) is 28.1 Å². The molecule has 2 fully saturated rings. The van der Waals surface area contributed by atoms with Crippen LogP contribution in [-0.2, 0) is 28.1 Å². The summed E-state index contributed by atoms with van der Waals surface area (Å²) in [5.74, 6) is 0. The first-order valence-corrected chi connectivity index (χ1v) is 14.1. The van der Waals surface area contributed by atoms with E-state index in [1.54, 1.807) is 0 Å². The highest BCUT2D eigenvalue weighted by atomic mass is 28.4. The van der Waals surface area contributed by atoms with E-state index in [1.807, 2.05) is 30.3 Å². The number of carbonyl (C=O) groups excluding carboxylic acids is 1. The van der Waals surface area contributed by atoms with Gasteiger partial charge >= 0.3 is 6.16 Å². The normalized spacial score (nSPS) is 29.3. The molecule has 11 heteroatoms. The number of ether oxygens (including phenoxy) is 5. The topological polar surface area (TPSA) is 121 Å². The Morgan fingerprint density at radius 3 is 2.62 bits per heavy atom. The fourth-order valence-corrected chi connectivity index (χ4v) is 4.62. The number of hydrogen-bond acceptors (Lipinski definition) is 8. The van der Waals surface area contributed by atoms with Crippen molar-refractivity contribution in [2.75, 3.05) is 13.2 Å². The van der Waals surface area contributed by atoms with Crippen LogP contribution in [0.1, 0.15) is 32.6 Å². The van der Waals surface area contributed by atoms with Crippen LogP contribution in [0.25, 0.3) is 10.4 Å². The summed E-state index contributed by atoms with van der Waals surface area (Å²) in [6, 6.07) is 8.39.